The quantitative estimate of drug-likeness (QED) is 0.729. The molecule has 1 fully saturated rings. The highest BCUT2D eigenvalue weighted by Gasteiger charge is 2.16. The highest BCUT2D eigenvalue weighted by Crippen LogP contribution is 2.21. The van der Waals surface area contributed by atoms with Gasteiger partial charge in [0.2, 0.25) is 0 Å². The minimum absolute atomic E-state index is 0.750. The summed E-state index contributed by atoms with van der Waals surface area (Å²) in [5, 5.41) is 0.790. The van der Waals surface area contributed by atoms with Crippen LogP contribution in [0.2, 0.25) is 5.02 Å². The molecule has 0 aromatic heterocycles. The average molecular weight is 345 g/mol. The van der Waals surface area contributed by atoms with Gasteiger partial charge in [0.15, 0.2) is 0 Å². The van der Waals surface area contributed by atoms with Crippen molar-refractivity contribution in [2.75, 3.05) is 44.2 Å². The Morgan fingerprint density at radius 2 is 1.75 bits per heavy atom. The molecule has 0 N–H and O–H groups in total. The molecule has 1 aliphatic rings. The first kappa shape index (κ1) is 17.1. The van der Waals surface area contributed by atoms with Crippen molar-refractivity contribution in [2.45, 2.75) is 13.3 Å². The zero-order valence-corrected chi connectivity index (χ0v) is 15.0. The third-order valence-corrected chi connectivity index (χ3v) is 4.93. The maximum absolute atomic E-state index is 6.03. The lowest BCUT2D eigenvalue weighted by Gasteiger charge is -2.36. The van der Waals surface area contributed by atoms with Crippen molar-refractivity contribution in [1.29, 1.82) is 0 Å². The molecule has 2 aromatic rings. The number of aryl methyl sites for hydroxylation is 1. The molecule has 3 rings (SSSR count). The van der Waals surface area contributed by atoms with Gasteiger partial charge in [0.1, 0.15) is 5.75 Å². The lowest BCUT2D eigenvalue weighted by Crippen LogP contribution is -2.46. The lowest BCUT2D eigenvalue weighted by atomic mass is 10.2. The first-order valence-electron chi connectivity index (χ1n) is 8.64. The number of nitrogens with zero attached hydrogens (tertiary/aromatic N) is 2. The van der Waals surface area contributed by atoms with Crippen LogP contribution in [0, 0.1) is 6.92 Å². The van der Waals surface area contributed by atoms with Crippen molar-refractivity contribution >= 4 is 17.3 Å². The molecule has 0 atom stereocenters. The van der Waals surface area contributed by atoms with Gasteiger partial charge in [-0.3, -0.25) is 4.90 Å². The predicted octanol–water partition coefficient (Wildman–Crippen LogP) is 4.24. The Balaban J connectivity index is 1.35. The Kier molecular flexibility index (Phi) is 6.00. The van der Waals surface area contributed by atoms with Gasteiger partial charge in [0, 0.05) is 43.4 Å². The van der Waals surface area contributed by atoms with Crippen molar-refractivity contribution in [3.8, 4) is 5.75 Å². The normalized spacial score (nSPS) is 15.5. The summed E-state index contributed by atoms with van der Waals surface area (Å²) in [5.74, 6) is 0.908. The second-order valence-electron chi connectivity index (χ2n) is 6.28. The Hall–Kier alpha value is -1.71. The topological polar surface area (TPSA) is 15.7 Å². The average Bonchev–Trinajstić information content (AvgIpc) is 2.63. The molecule has 3 nitrogen and oxygen atoms in total. The number of piperazine rings is 1. The van der Waals surface area contributed by atoms with Gasteiger partial charge >= 0.3 is 0 Å². The van der Waals surface area contributed by atoms with Gasteiger partial charge in [-0.15, -0.1) is 0 Å². The fourth-order valence-corrected chi connectivity index (χ4v) is 3.17. The van der Waals surface area contributed by atoms with E-state index in [-0.39, 0.29) is 0 Å². The molecule has 0 saturated carbocycles. The Morgan fingerprint density at radius 1 is 1.00 bits per heavy atom. The summed E-state index contributed by atoms with van der Waals surface area (Å²) >= 11 is 6.03. The maximum Gasteiger partial charge on any atom is 0.119 e. The summed E-state index contributed by atoms with van der Waals surface area (Å²) in [7, 11) is 0. The SMILES string of the molecule is Cc1cc(OCCCN2CCN(c3ccccc3)CC2)ccc1Cl. The summed E-state index contributed by atoms with van der Waals surface area (Å²) < 4.78 is 5.83. The number of anilines is 1. The molecular weight excluding hydrogens is 320 g/mol. The van der Waals surface area contributed by atoms with Gasteiger partial charge in [0.25, 0.3) is 0 Å². The van der Waals surface area contributed by atoms with Crippen LogP contribution in [0.5, 0.6) is 5.75 Å². The molecule has 0 bridgehead atoms. The number of rotatable bonds is 6. The van der Waals surface area contributed by atoms with Crippen molar-refractivity contribution in [1.82, 2.24) is 4.90 Å². The van der Waals surface area contributed by atoms with Crippen molar-refractivity contribution in [2.24, 2.45) is 0 Å². The highest BCUT2D eigenvalue weighted by molar-refractivity contribution is 6.31. The summed E-state index contributed by atoms with van der Waals surface area (Å²) in [5.41, 5.74) is 2.39. The number of para-hydroxylation sites is 1. The summed E-state index contributed by atoms with van der Waals surface area (Å²) in [6, 6.07) is 16.5. The Morgan fingerprint density at radius 3 is 2.46 bits per heavy atom. The maximum atomic E-state index is 6.03. The van der Waals surface area contributed by atoms with Gasteiger partial charge in [-0.25, -0.2) is 0 Å². The molecule has 0 spiro atoms. The molecule has 2 aromatic carbocycles. The van der Waals surface area contributed by atoms with Crippen LogP contribution in [0.1, 0.15) is 12.0 Å². The summed E-state index contributed by atoms with van der Waals surface area (Å²) in [6.45, 7) is 8.28. The highest BCUT2D eigenvalue weighted by atomic mass is 35.5. The number of ether oxygens (including phenoxy) is 1. The van der Waals surface area contributed by atoms with E-state index in [0.717, 1.165) is 62.1 Å². The van der Waals surface area contributed by atoms with Crippen LogP contribution < -0.4 is 9.64 Å². The van der Waals surface area contributed by atoms with E-state index in [1.807, 2.05) is 25.1 Å². The number of halogens is 1. The zero-order chi connectivity index (χ0) is 16.8. The van der Waals surface area contributed by atoms with Crippen LogP contribution in [-0.2, 0) is 0 Å². The Bertz CT molecular complexity index is 639. The van der Waals surface area contributed by atoms with Gasteiger partial charge < -0.3 is 9.64 Å². The first-order valence-corrected chi connectivity index (χ1v) is 9.01. The third kappa shape index (κ3) is 4.65. The monoisotopic (exact) mass is 344 g/mol. The molecule has 0 aliphatic carbocycles. The molecule has 0 amide bonds. The molecular formula is C20H25ClN2O. The van der Waals surface area contributed by atoms with Gasteiger partial charge in [-0.1, -0.05) is 29.8 Å². The van der Waals surface area contributed by atoms with Crippen LogP contribution in [-0.4, -0.2) is 44.2 Å². The fraction of sp³-hybridized carbons (Fsp3) is 0.400. The zero-order valence-electron chi connectivity index (χ0n) is 14.2. The Labute approximate surface area is 149 Å². The molecule has 0 unspecified atom stereocenters. The van der Waals surface area contributed by atoms with E-state index in [4.69, 9.17) is 16.3 Å². The first-order chi connectivity index (χ1) is 11.7. The van der Waals surface area contributed by atoms with E-state index in [0.29, 0.717) is 0 Å². The van der Waals surface area contributed by atoms with Gasteiger partial charge in [-0.2, -0.15) is 0 Å². The second-order valence-corrected chi connectivity index (χ2v) is 6.68. The molecule has 1 heterocycles. The van der Waals surface area contributed by atoms with E-state index in [9.17, 15) is 0 Å². The van der Waals surface area contributed by atoms with Gasteiger partial charge in [-0.05, 0) is 49.2 Å². The molecule has 0 radical (unpaired) electrons. The molecule has 1 aliphatic heterocycles. The minimum atomic E-state index is 0.750. The fourth-order valence-electron chi connectivity index (χ4n) is 3.05. The minimum Gasteiger partial charge on any atom is -0.494 e. The predicted molar refractivity (Wildman–Crippen MR) is 101 cm³/mol. The number of hydrogen-bond acceptors (Lipinski definition) is 3. The van der Waals surface area contributed by atoms with Crippen LogP contribution >= 0.6 is 11.6 Å². The molecule has 128 valence electrons. The van der Waals surface area contributed by atoms with Crippen molar-refractivity contribution in [3.63, 3.8) is 0 Å². The van der Waals surface area contributed by atoms with E-state index in [1.165, 1.54) is 5.69 Å². The van der Waals surface area contributed by atoms with Gasteiger partial charge in [0.05, 0.1) is 6.61 Å². The third-order valence-electron chi connectivity index (χ3n) is 4.51. The molecule has 4 heteroatoms. The van der Waals surface area contributed by atoms with Crippen LogP contribution in [0.15, 0.2) is 48.5 Å². The largest absolute Gasteiger partial charge is 0.494 e. The van der Waals surface area contributed by atoms with E-state index >= 15 is 0 Å². The van der Waals surface area contributed by atoms with E-state index in [2.05, 4.69) is 40.1 Å². The summed E-state index contributed by atoms with van der Waals surface area (Å²) in [6.07, 6.45) is 1.05. The molecule has 1 saturated heterocycles. The van der Waals surface area contributed by atoms with Crippen LogP contribution in [0.3, 0.4) is 0 Å². The molecule has 24 heavy (non-hydrogen) atoms. The van der Waals surface area contributed by atoms with Crippen molar-refractivity contribution in [3.05, 3.63) is 59.1 Å². The summed E-state index contributed by atoms with van der Waals surface area (Å²) in [4.78, 5) is 4.99. The standard InChI is InChI=1S/C20H25ClN2O/c1-17-16-19(8-9-20(17)21)24-15-5-10-22-11-13-23(14-12-22)18-6-3-2-4-7-18/h2-4,6-9,16H,5,10-15H2,1H3. The van der Waals surface area contributed by atoms with Crippen LogP contribution in [0.4, 0.5) is 5.69 Å². The van der Waals surface area contributed by atoms with E-state index in [1.54, 1.807) is 0 Å². The number of benzene rings is 2. The van der Waals surface area contributed by atoms with Crippen LogP contribution in [0.25, 0.3) is 0 Å². The number of hydrogen-bond donors (Lipinski definition) is 0. The van der Waals surface area contributed by atoms with Crippen molar-refractivity contribution < 1.29 is 4.74 Å². The second kappa shape index (κ2) is 8.41. The smallest absolute Gasteiger partial charge is 0.119 e. The van der Waals surface area contributed by atoms with E-state index < -0.39 is 0 Å². The lowest BCUT2D eigenvalue weighted by molar-refractivity contribution is 0.224.